The zero-order valence-corrected chi connectivity index (χ0v) is 13.4. The minimum Gasteiger partial charge on any atom is -0.397 e. The molecular formula is C14H21N3O3S. The summed E-state index contributed by atoms with van der Waals surface area (Å²) in [5.41, 5.74) is 11.6. The average Bonchev–Trinajstić information content (AvgIpc) is 2.77. The van der Waals surface area contributed by atoms with Crippen LogP contribution in [-0.4, -0.2) is 37.5 Å². The standard InChI is InChI=1S/C14H21N3O3S/c1-8(18)11-10(15)9(12(16)19)13(21-11)17-6-4-5-14(2,7-17)20-3/h4-7,15H2,1-3H3,(H2,16,19). The zero-order valence-electron chi connectivity index (χ0n) is 12.6. The number of nitrogens with two attached hydrogens (primary N) is 2. The van der Waals surface area contributed by atoms with Crippen LogP contribution in [0, 0.1) is 0 Å². The highest BCUT2D eigenvalue weighted by molar-refractivity contribution is 7.19. The summed E-state index contributed by atoms with van der Waals surface area (Å²) in [5.74, 6) is -0.756. The number of hydrogen-bond donors (Lipinski definition) is 2. The smallest absolute Gasteiger partial charge is 0.253 e. The number of rotatable bonds is 4. The fourth-order valence-electron chi connectivity index (χ4n) is 2.70. The highest BCUT2D eigenvalue weighted by atomic mass is 32.1. The van der Waals surface area contributed by atoms with Crippen molar-refractivity contribution >= 4 is 33.7 Å². The molecule has 0 radical (unpaired) electrons. The number of nitrogens with zero attached hydrogens (tertiary/aromatic N) is 1. The molecule has 1 saturated heterocycles. The van der Waals surface area contributed by atoms with E-state index in [-0.39, 0.29) is 22.6 Å². The lowest BCUT2D eigenvalue weighted by atomic mass is 9.94. The van der Waals surface area contributed by atoms with Crippen LogP contribution in [0.2, 0.25) is 0 Å². The zero-order chi connectivity index (χ0) is 15.8. The van der Waals surface area contributed by atoms with Crippen molar-refractivity contribution in [2.45, 2.75) is 32.3 Å². The Morgan fingerprint density at radius 1 is 1.43 bits per heavy atom. The predicted octanol–water partition coefficient (Wildman–Crippen LogP) is 1.64. The lowest BCUT2D eigenvalue weighted by Crippen LogP contribution is -2.47. The molecular weight excluding hydrogens is 290 g/mol. The molecule has 0 aliphatic carbocycles. The largest absolute Gasteiger partial charge is 0.397 e. The number of Topliss-reactive ketones (excluding diaryl/α,β-unsaturated/α-hetero) is 1. The van der Waals surface area contributed by atoms with Gasteiger partial charge in [-0.1, -0.05) is 0 Å². The number of hydrogen-bond acceptors (Lipinski definition) is 6. The summed E-state index contributed by atoms with van der Waals surface area (Å²) in [6, 6.07) is 0. The van der Waals surface area contributed by atoms with Gasteiger partial charge in [0, 0.05) is 27.1 Å². The van der Waals surface area contributed by atoms with E-state index in [4.69, 9.17) is 16.2 Å². The van der Waals surface area contributed by atoms with E-state index < -0.39 is 5.91 Å². The molecule has 1 amide bonds. The third-order valence-electron chi connectivity index (χ3n) is 3.93. The van der Waals surface area contributed by atoms with E-state index in [9.17, 15) is 9.59 Å². The third kappa shape index (κ3) is 2.89. The molecule has 1 aromatic heterocycles. The number of carbonyl (C=O) groups excluding carboxylic acids is 2. The summed E-state index contributed by atoms with van der Waals surface area (Å²) in [4.78, 5) is 25.8. The number of methoxy groups -OCH3 is 1. The van der Waals surface area contributed by atoms with E-state index in [1.54, 1.807) is 7.11 Å². The number of carbonyl (C=O) groups is 2. The molecule has 4 N–H and O–H groups in total. The van der Waals surface area contributed by atoms with Crippen LogP contribution in [0.25, 0.3) is 0 Å². The Balaban J connectivity index is 2.45. The quantitative estimate of drug-likeness (QED) is 0.824. The Labute approximate surface area is 128 Å². The molecule has 1 atom stereocenters. The first-order chi connectivity index (χ1) is 9.79. The molecule has 7 heteroatoms. The number of thiophene rings is 1. The first kappa shape index (κ1) is 15.8. The highest BCUT2D eigenvalue weighted by Crippen LogP contribution is 2.40. The second-order valence-corrected chi connectivity index (χ2v) is 6.62. The maximum Gasteiger partial charge on any atom is 0.253 e. The van der Waals surface area contributed by atoms with Crippen molar-refractivity contribution in [1.82, 2.24) is 0 Å². The van der Waals surface area contributed by atoms with Crippen LogP contribution in [0.15, 0.2) is 0 Å². The summed E-state index contributed by atoms with van der Waals surface area (Å²) >= 11 is 1.24. The first-order valence-corrected chi connectivity index (χ1v) is 7.64. The van der Waals surface area contributed by atoms with Gasteiger partial charge in [-0.15, -0.1) is 11.3 Å². The summed E-state index contributed by atoms with van der Waals surface area (Å²) in [7, 11) is 1.68. The van der Waals surface area contributed by atoms with Gasteiger partial charge in [-0.25, -0.2) is 0 Å². The van der Waals surface area contributed by atoms with Crippen molar-refractivity contribution in [3.05, 3.63) is 10.4 Å². The average molecular weight is 311 g/mol. The SMILES string of the molecule is COC1(C)CCCN(c2sc(C(C)=O)c(N)c2C(N)=O)C1. The first-order valence-electron chi connectivity index (χ1n) is 6.82. The van der Waals surface area contributed by atoms with Gasteiger partial charge in [0.25, 0.3) is 5.91 Å². The predicted molar refractivity (Wildman–Crippen MR) is 84.1 cm³/mol. The van der Waals surface area contributed by atoms with E-state index in [1.165, 1.54) is 18.3 Å². The molecule has 0 saturated carbocycles. The Morgan fingerprint density at radius 2 is 2.10 bits per heavy atom. The fourth-order valence-corrected chi connectivity index (χ4v) is 3.85. The summed E-state index contributed by atoms with van der Waals surface area (Å²) < 4.78 is 5.56. The Hall–Kier alpha value is -1.60. The van der Waals surface area contributed by atoms with Gasteiger partial charge in [0.2, 0.25) is 0 Å². The van der Waals surface area contributed by atoms with Crippen LogP contribution >= 0.6 is 11.3 Å². The van der Waals surface area contributed by atoms with E-state index in [2.05, 4.69) is 0 Å². The Bertz CT molecular complexity index is 584. The topological polar surface area (TPSA) is 98.7 Å². The van der Waals surface area contributed by atoms with Crippen molar-refractivity contribution in [2.24, 2.45) is 5.73 Å². The van der Waals surface area contributed by atoms with E-state index in [1.807, 2.05) is 11.8 Å². The van der Waals surface area contributed by atoms with Crippen molar-refractivity contribution in [3.8, 4) is 0 Å². The molecule has 0 bridgehead atoms. The van der Waals surface area contributed by atoms with Gasteiger partial charge in [-0.05, 0) is 19.8 Å². The van der Waals surface area contributed by atoms with Crippen molar-refractivity contribution < 1.29 is 14.3 Å². The highest BCUT2D eigenvalue weighted by Gasteiger charge is 2.34. The van der Waals surface area contributed by atoms with E-state index in [0.29, 0.717) is 16.4 Å². The van der Waals surface area contributed by atoms with Gasteiger partial charge in [0.1, 0.15) is 5.00 Å². The number of amides is 1. The molecule has 2 rings (SSSR count). The molecule has 1 unspecified atom stereocenters. The van der Waals surface area contributed by atoms with Gasteiger partial charge in [0.15, 0.2) is 5.78 Å². The van der Waals surface area contributed by atoms with Crippen LogP contribution in [-0.2, 0) is 4.74 Å². The molecule has 0 spiro atoms. The number of nitrogen functional groups attached to an aromatic ring is 1. The van der Waals surface area contributed by atoms with Crippen LogP contribution in [0.3, 0.4) is 0 Å². The van der Waals surface area contributed by atoms with E-state index >= 15 is 0 Å². The van der Waals surface area contributed by atoms with Gasteiger partial charge in [0.05, 0.1) is 21.7 Å². The summed E-state index contributed by atoms with van der Waals surface area (Å²) in [6.07, 6.45) is 1.89. The second kappa shape index (κ2) is 5.65. The van der Waals surface area contributed by atoms with Crippen molar-refractivity contribution in [3.63, 3.8) is 0 Å². The number of ketones is 1. The molecule has 1 aliphatic heterocycles. The van der Waals surface area contributed by atoms with Crippen LogP contribution < -0.4 is 16.4 Å². The maximum atomic E-state index is 11.7. The third-order valence-corrected chi connectivity index (χ3v) is 5.30. The number of primary amides is 1. The lowest BCUT2D eigenvalue weighted by molar-refractivity contribution is -0.00454. The minimum atomic E-state index is -0.601. The Morgan fingerprint density at radius 3 is 2.62 bits per heavy atom. The van der Waals surface area contributed by atoms with Crippen LogP contribution in [0.1, 0.15) is 46.7 Å². The molecule has 2 heterocycles. The lowest BCUT2D eigenvalue weighted by Gasteiger charge is -2.40. The molecule has 1 aromatic rings. The monoisotopic (exact) mass is 311 g/mol. The van der Waals surface area contributed by atoms with Crippen LogP contribution in [0.5, 0.6) is 0 Å². The number of ether oxygens (including phenoxy) is 1. The molecule has 6 nitrogen and oxygen atoms in total. The minimum absolute atomic E-state index is 0.155. The van der Waals surface area contributed by atoms with Crippen LogP contribution in [0.4, 0.5) is 10.7 Å². The maximum absolute atomic E-state index is 11.7. The van der Waals surface area contributed by atoms with Crippen molar-refractivity contribution in [1.29, 1.82) is 0 Å². The van der Waals surface area contributed by atoms with Gasteiger partial charge in [-0.3, -0.25) is 9.59 Å². The molecule has 0 aromatic carbocycles. The van der Waals surface area contributed by atoms with E-state index in [0.717, 1.165) is 19.4 Å². The van der Waals surface area contributed by atoms with Gasteiger partial charge < -0.3 is 21.1 Å². The number of piperidine rings is 1. The Kier molecular flexibility index (Phi) is 4.25. The molecule has 1 aliphatic rings. The fraction of sp³-hybridized carbons (Fsp3) is 0.571. The summed E-state index contributed by atoms with van der Waals surface area (Å²) in [6.45, 7) is 4.90. The van der Waals surface area contributed by atoms with Crippen molar-refractivity contribution in [2.75, 3.05) is 30.8 Å². The van der Waals surface area contributed by atoms with Gasteiger partial charge in [-0.2, -0.15) is 0 Å². The molecule has 1 fully saturated rings. The normalized spacial score (nSPS) is 22.3. The summed E-state index contributed by atoms with van der Waals surface area (Å²) in [5, 5.41) is 0.674. The van der Waals surface area contributed by atoms with Gasteiger partial charge >= 0.3 is 0 Å². The molecule has 116 valence electrons. The molecule has 21 heavy (non-hydrogen) atoms. The number of anilines is 2. The second-order valence-electron chi connectivity index (χ2n) is 5.62.